The van der Waals surface area contributed by atoms with Crippen molar-refractivity contribution >= 4 is 23.2 Å². The zero-order chi connectivity index (χ0) is 23.2. The molecule has 0 unspecified atom stereocenters. The summed E-state index contributed by atoms with van der Waals surface area (Å²) in [4.78, 5) is 31.0. The normalized spacial score (nSPS) is 10.6. The van der Waals surface area contributed by atoms with Crippen LogP contribution in [-0.4, -0.2) is 16.7 Å². The summed E-state index contributed by atoms with van der Waals surface area (Å²) in [7, 11) is 0. The second kappa shape index (κ2) is 9.96. The Labute approximate surface area is 190 Å². The predicted molar refractivity (Wildman–Crippen MR) is 122 cm³/mol. The van der Waals surface area contributed by atoms with E-state index < -0.39 is 23.2 Å². The average Bonchev–Trinajstić information content (AvgIpc) is 2.86. The summed E-state index contributed by atoms with van der Waals surface area (Å²) in [6.45, 7) is 0. The molecule has 1 aromatic heterocycles. The van der Waals surface area contributed by atoms with Crippen molar-refractivity contribution in [1.29, 1.82) is 0 Å². The molecule has 1 heterocycles. The summed E-state index contributed by atoms with van der Waals surface area (Å²) in [5.74, 6) is -2.49. The van der Waals surface area contributed by atoms with E-state index in [-0.39, 0.29) is 18.0 Å². The van der Waals surface area contributed by atoms with Gasteiger partial charge >= 0.3 is 0 Å². The fourth-order valence-electron chi connectivity index (χ4n) is 3.49. The van der Waals surface area contributed by atoms with Gasteiger partial charge in [0.25, 0.3) is 0 Å². The monoisotopic (exact) mass is 442 g/mol. The molecule has 3 aromatic carbocycles. The molecule has 164 valence electrons. The molecule has 0 atom stereocenters. The number of para-hydroxylation sites is 1. The number of anilines is 2. The van der Waals surface area contributed by atoms with Crippen LogP contribution in [0.3, 0.4) is 0 Å². The number of amides is 1. The Bertz CT molecular complexity index is 1240. The number of hydrogen-bond acceptors (Lipinski definition) is 3. The highest BCUT2D eigenvalue weighted by atomic mass is 19.1. The average molecular weight is 442 g/mol. The minimum Gasteiger partial charge on any atom is -0.289 e. The predicted octanol–water partition coefficient (Wildman–Crippen LogP) is 5.89. The Balaban J connectivity index is 1.66. The van der Waals surface area contributed by atoms with Crippen LogP contribution in [0.1, 0.15) is 27.9 Å². The maximum atomic E-state index is 14.6. The first-order valence-electron chi connectivity index (χ1n) is 10.4. The first-order chi connectivity index (χ1) is 16.0. The third-order valence-corrected chi connectivity index (χ3v) is 5.16. The fraction of sp³-hybridized carbons (Fsp3) is 0.0741. The largest absolute Gasteiger partial charge is 0.289 e. The number of nitrogens with zero attached hydrogens (tertiary/aromatic N) is 2. The van der Waals surface area contributed by atoms with Crippen molar-refractivity contribution in [3.8, 4) is 0 Å². The maximum absolute atomic E-state index is 14.6. The molecule has 1 amide bonds. The van der Waals surface area contributed by atoms with Crippen LogP contribution in [0.15, 0.2) is 97.2 Å². The van der Waals surface area contributed by atoms with E-state index >= 15 is 0 Å². The minimum atomic E-state index is -0.880. The van der Waals surface area contributed by atoms with Crippen LogP contribution in [0, 0.1) is 11.6 Å². The summed E-state index contributed by atoms with van der Waals surface area (Å²) in [5, 5.41) is 0. The number of aromatic nitrogens is 1. The van der Waals surface area contributed by atoms with Crippen LogP contribution in [0.25, 0.3) is 0 Å². The molecule has 0 aliphatic heterocycles. The van der Waals surface area contributed by atoms with Gasteiger partial charge in [-0.2, -0.15) is 0 Å². The summed E-state index contributed by atoms with van der Waals surface area (Å²) in [5.41, 5.74) is 1.22. The molecule has 0 radical (unpaired) electrons. The van der Waals surface area contributed by atoms with Crippen LogP contribution in [0.4, 0.5) is 20.3 Å². The van der Waals surface area contributed by atoms with Gasteiger partial charge < -0.3 is 0 Å². The molecule has 0 aliphatic rings. The highest BCUT2D eigenvalue weighted by Crippen LogP contribution is 2.30. The third kappa shape index (κ3) is 5.01. The second-order valence-electron chi connectivity index (χ2n) is 7.39. The summed E-state index contributed by atoms with van der Waals surface area (Å²) in [6, 6.07) is 24.3. The van der Waals surface area contributed by atoms with Crippen LogP contribution >= 0.6 is 0 Å². The topological polar surface area (TPSA) is 50.3 Å². The van der Waals surface area contributed by atoms with E-state index in [1.165, 1.54) is 24.4 Å². The zero-order valence-corrected chi connectivity index (χ0v) is 17.6. The molecule has 0 saturated heterocycles. The van der Waals surface area contributed by atoms with Gasteiger partial charge in [0.2, 0.25) is 5.91 Å². The molecule has 0 N–H and O–H groups in total. The molecular formula is C27H20F2N2O2. The number of pyridine rings is 1. The molecule has 4 rings (SSSR count). The number of halogens is 2. The molecule has 6 heteroatoms. The molecule has 0 aliphatic carbocycles. The van der Waals surface area contributed by atoms with Crippen molar-refractivity contribution < 1.29 is 18.4 Å². The lowest BCUT2D eigenvalue weighted by Gasteiger charge is -2.23. The van der Waals surface area contributed by atoms with E-state index in [4.69, 9.17) is 0 Å². The maximum Gasteiger partial charge on any atom is 0.233 e. The number of benzene rings is 3. The summed E-state index contributed by atoms with van der Waals surface area (Å²) >= 11 is 0. The Morgan fingerprint density at radius 2 is 1.36 bits per heavy atom. The zero-order valence-electron chi connectivity index (χ0n) is 17.6. The quantitative estimate of drug-likeness (QED) is 0.336. The highest BCUT2D eigenvalue weighted by Gasteiger charge is 2.26. The number of ketones is 1. The standard InChI is InChI=1S/C27H20F2N2O2/c28-22-12-7-13-23(29)26(22)31(25(32)17-14-19-8-3-1-4-9-19)24-16-15-21(18-30-24)27(33)20-10-5-2-6-11-20/h1-13,15-16,18H,14,17H2. The number of rotatable bonds is 7. The van der Waals surface area contributed by atoms with Crippen molar-refractivity contribution in [3.63, 3.8) is 0 Å². The van der Waals surface area contributed by atoms with Crippen molar-refractivity contribution in [2.45, 2.75) is 12.8 Å². The molecular weight excluding hydrogens is 422 g/mol. The Kier molecular flexibility index (Phi) is 6.64. The van der Waals surface area contributed by atoms with E-state index in [9.17, 15) is 18.4 Å². The van der Waals surface area contributed by atoms with Crippen molar-refractivity contribution in [1.82, 2.24) is 4.98 Å². The molecule has 33 heavy (non-hydrogen) atoms. The van der Waals surface area contributed by atoms with Crippen LogP contribution in [-0.2, 0) is 11.2 Å². The fourth-order valence-corrected chi connectivity index (χ4v) is 3.49. The number of carbonyl (C=O) groups is 2. The Morgan fingerprint density at radius 1 is 0.727 bits per heavy atom. The Hall–Kier alpha value is -4.19. The molecule has 0 bridgehead atoms. The van der Waals surface area contributed by atoms with E-state index in [2.05, 4.69) is 4.98 Å². The van der Waals surface area contributed by atoms with E-state index in [0.717, 1.165) is 22.6 Å². The first kappa shape index (κ1) is 22.0. The van der Waals surface area contributed by atoms with Crippen LogP contribution in [0.5, 0.6) is 0 Å². The second-order valence-corrected chi connectivity index (χ2v) is 7.39. The molecule has 0 fully saturated rings. The summed E-state index contributed by atoms with van der Waals surface area (Å²) < 4.78 is 29.2. The smallest absolute Gasteiger partial charge is 0.233 e. The van der Waals surface area contributed by atoms with Gasteiger partial charge in [-0.05, 0) is 36.2 Å². The van der Waals surface area contributed by atoms with Crippen molar-refractivity contribution in [2.24, 2.45) is 0 Å². The first-order valence-corrected chi connectivity index (χ1v) is 10.4. The molecule has 4 nitrogen and oxygen atoms in total. The number of aryl methyl sites for hydroxylation is 1. The lowest BCUT2D eigenvalue weighted by molar-refractivity contribution is -0.118. The van der Waals surface area contributed by atoms with Gasteiger partial charge in [0.15, 0.2) is 5.78 Å². The van der Waals surface area contributed by atoms with Crippen molar-refractivity contribution in [2.75, 3.05) is 4.90 Å². The van der Waals surface area contributed by atoms with Gasteiger partial charge in [0.1, 0.15) is 23.1 Å². The number of hydrogen-bond donors (Lipinski definition) is 0. The van der Waals surface area contributed by atoms with Gasteiger partial charge in [-0.3, -0.25) is 14.5 Å². The van der Waals surface area contributed by atoms with E-state index in [1.807, 2.05) is 30.3 Å². The molecule has 0 saturated carbocycles. The van der Waals surface area contributed by atoms with Gasteiger partial charge in [-0.15, -0.1) is 0 Å². The van der Waals surface area contributed by atoms with Gasteiger partial charge in [0.05, 0.1) is 0 Å². The van der Waals surface area contributed by atoms with Gasteiger partial charge in [-0.1, -0.05) is 66.7 Å². The lowest BCUT2D eigenvalue weighted by atomic mass is 10.1. The number of carbonyl (C=O) groups excluding carboxylic acids is 2. The van der Waals surface area contributed by atoms with Crippen molar-refractivity contribution in [3.05, 3.63) is 126 Å². The molecule has 0 spiro atoms. The Morgan fingerprint density at radius 3 is 1.97 bits per heavy atom. The van der Waals surface area contributed by atoms with E-state index in [0.29, 0.717) is 17.5 Å². The summed E-state index contributed by atoms with van der Waals surface area (Å²) in [6.07, 6.45) is 1.72. The van der Waals surface area contributed by atoms with Crippen LogP contribution < -0.4 is 4.90 Å². The van der Waals surface area contributed by atoms with E-state index in [1.54, 1.807) is 30.3 Å². The highest BCUT2D eigenvalue weighted by molar-refractivity contribution is 6.09. The third-order valence-electron chi connectivity index (χ3n) is 5.16. The minimum absolute atomic E-state index is 0.0180. The SMILES string of the molecule is O=C(c1ccccc1)c1ccc(N(C(=O)CCc2ccccc2)c2c(F)cccc2F)nc1. The lowest BCUT2D eigenvalue weighted by Crippen LogP contribution is -2.29. The van der Waals surface area contributed by atoms with Gasteiger partial charge in [0, 0.05) is 23.7 Å². The van der Waals surface area contributed by atoms with Gasteiger partial charge in [-0.25, -0.2) is 13.8 Å². The molecule has 4 aromatic rings. The van der Waals surface area contributed by atoms with Crippen LogP contribution in [0.2, 0.25) is 0 Å².